The standard InChI is InChI=1S/C23H40O5S/c1-14(8-11-29(26,27)28)17-4-5-18-21-19(7-10-23(17,18)3)22(2)9-6-16(24)12-15(22)13-20(21)25/h14-21,24-25H,4-13H2,1-3H3,(H,26,27,28)/t14-,15?,16?,17-,18+,19+,20?,21+,22+,23-/m1/s1. The molecule has 0 radical (unpaired) electrons. The SMILES string of the molecule is C[C@H](CCS(=O)(=O)O)[C@H]1CC[C@H]2[C@@H]3C(O)CC4CC(O)CC[C@]4(C)[C@H]3CC[C@]12C. The van der Waals surface area contributed by atoms with Crippen molar-refractivity contribution in [2.45, 2.75) is 90.8 Å². The third-order valence-corrected chi connectivity index (χ3v) is 11.0. The van der Waals surface area contributed by atoms with Crippen LogP contribution in [0.15, 0.2) is 0 Å². The third kappa shape index (κ3) is 3.70. The summed E-state index contributed by atoms with van der Waals surface area (Å²) in [5.41, 5.74) is 0.386. The van der Waals surface area contributed by atoms with Crippen molar-refractivity contribution in [3.05, 3.63) is 0 Å². The molecule has 5 nitrogen and oxygen atoms in total. The lowest BCUT2D eigenvalue weighted by Crippen LogP contribution is -2.58. The molecule has 168 valence electrons. The molecule has 4 fully saturated rings. The van der Waals surface area contributed by atoms with Gasteiger partial charge in [0.25, 0.3) is 10.1 Å². The van der Waals surface area contributed by atoms with E-state index in [9.17, 15) is 23.2 Å². The Labute approximate surface area is 176 Å². The largest absolute Gasteiger partial charge is 0.393 e. The number of aliphatic hydroxyl groups is 2. The van der Waals surface area contributed by atoms with Crippen LogP contribution in [0.2, 0.25) is 0 Å². The molecule has 0 aromatic carbocycles. The maximum atomic E-state index is 11.2. The van der Waals surface area contributed by atoms with Crippen molar-refractivity contribution in [1.82, 2.24) is 0 Å². The summed E-state index contributed by atoms with van der Waals surface area (Å²) >= 11 is 0. The van der Waals surface area contributed by atoms with Crippen molar-refractivity contribution in [2.75, 3.05) is 5.75 Å². The molecular weight excluding hydrogens is 388 g/mol. The van der Waals surface area contributed by atoms with Crippen molar-refractivity contribution in [2.24, 2.45) is 46.3 Å². The van der Waals surface area contributed by atoms with Gasteiger partial charge in [-0.3, -0.25) is 4.55 Å². The van der Waals surface area contributed by atoms with E-state index in [4.69, 9.17) is 0 Å². The molecule has 0 aromatic heterocycles. The predicted molar refractivity (Wildman–Crippen MR) is 113 cm³/mol. The molecule has 4 rings (SSSR count). The van der Waals surface area contributed by atoms with Crippen LogP contribution in [0.1, 0.15) is 78.6 Å². The molecule has 4 aliphatic carbocycles. The Kier molecular flexibility index (Phi) is 5.67. The summed E-state index contributed by atoms with van der Waals surface area (Å²) in [6, 6.07) is 0. The van der Waals surface area contributed by atoms with Gasteiger partial charge in [-0.15, -0.1) is 0 Å². The van der Waals surface area contributed by atoms with E-state index in [1.165, 1.54) is 0 Å². The van der Waals surface area contributed by atoms with Gasteiger partial charge in [-0.05, 0) is 104 Å². The average Bonchev–Trinajstić information content (AvgIpc) is 2.98. The van der Waals surface area contributed by atoms with Gasteiger partial charge in [0.05, 0.1) is 18.0 Å². The lowest BCUT2D eigenvalue weighted by molar-refractivity contribution is -0.174. The lowest BCUT2D eigenvalue weighted by Gasteiger charge is -2.62. The molecule has 29 heavy (non-hydrogen) atoms. The van der Waals surface area contributed by atoms with Gasteiger partial charge < -0.3 is 10.2 Å². The molecule has 0 aromatic rings. The second kappa shape index (κ2) is 7.46. The quantitative estimate of drug-likeness (QED) is 0.591. The maximum Gasteiger partial charge on any atom is 0.264 e. The van der Waals surface area contributed by atoms with Crippen LogP contribution < -0.4 is 0 Å². The van der Waals surface area contributed by atoms with E-state index < -0.39 is 10.1 Å². The monoisotopic (exact) mass is 428 g/mol. The van der Waals surface area contributed by atoms with Gasteiger partial charge >= 0.3 is 0 Å². The summed E-state index contributed by atoms with van der Waals surface area (Å²) in [6.07, 6.45) is 8.18. The summed E-state index contributed by atoms with van der Waals surface area (Å²) < 4.78 is 31.7. The maximum absolute atomic E-state index is 11.2. The van der Waals surface area contributed by atoms with E-state index in [2.05, 4.69) is 20.8 Å². The first kappa shape index (κ1) is 22.0. The highest BCUT2D eigenvalue weighted by atomic mass is 32.2. The van der Waals surface area contributed by atoms with Crippen molar-refractivity contribution in [1.29, 1.82) is 0 Å². The minimum atomic E-state index is -3.91. The van der Waals surface area contributed by atoms with Crippen LogP contribution in [0.3, 0.4) is 0 Å². The van der Waals surface area contributed by atoms with Gasteiger partial charge in [0.1, 0.15) is 0 Å². The van der Waals surface area contributed by atoms with Gasteiger partial charge in [0.15, 0.2) is 0 Å². The van der Waals surface area contributed by atoms with Crippen molar-refractivity contribution in [3.63, 3.8) is 0 Å². The minimum absolute atomic E-state index is 0.151. The Morgan fingerprint density at radius 2 is 1.62 bits per heavy atom. The molecule has 0 saturated heterocycles. The summed E-state index contributed by atoms with van der Waals surface area (Å²) in [6.45, 7) is 6.96. The molecule has 10 atom stereocenters. The summed E-state index contributed by atoms with van der Waals surface area (Å²) in [5.74, 6) is 2.37. The zero-order valence-corrected chi connectivity index (χ0v) is 19.1. The number of aliphatic hydroxyl groups excluding tert-OH is 2. The topological polar surface area (TPSA) is 94.8 Å². The molecule has 4 aliphatic rings. The van der Waals surface area contributed by atoms with Crippen LogP contribution >= 0.6 is 0 Å². The van der Waals surface area contributed by atoms with Crippen LogP contribution in [0, 0.1) is 46.3 Å². The fourth-order valence-corrected chi connectivity index (χ4v) is 9.38. The zero-order valence-electron chi connectivity index (χ0n) is 18.3. The average molecular weight is 429 g/mol. The number of hydrogen-bond acceptors (Lipinski definition) is 4. The van der Waals surface area contributed by atoms with Crippen LogP contribution in [-0.4, -0.2) is 41.1 Å². The highest BCUT2D eigenvalue weighted by Gasteiger charge is 2.62. The second-order valence-corrected chi connectivity index (χ2v) is 13.1. The van der Waals surface area contributed by atoms with Gasteiger partial charge in [-0.1, -0.05) is 20.8 Å². The molecule has 0 heterocycles. The highest BCUT2D eigenvalue weighted by Crippen LogP contribution is 2.68. The van der Waals surface area contributed by atoms with Gasteiger partial charge in [-0.25, -0.2) is 0 Å². The number of rotatable bonds is 4. The minimum Gasteiger partial charge on any atom is -0.393 e. The molecule has 0 amide bonds. The highest BCUT2D eigenvalue weighted by molar-refractivity contribution is 7.85. The second-order valence-electron chi connectivity index (χ2n) is 11.5. The molecule has 0 aliphatic heterocycles. The number of fused-ring (bicyclic) bond motifs is 5. The third-order valence-electron chi connectivity index (χ3n) is 10.2. The predicted octanol–water partition coefficient (Wildman–Crippen LogP) is 3.89. The molecular formula is C23H40O5S. The Hall–Kier alpha value is -0.170. The molecule has 3 N–H and O–H groups in total. The van der Waals surface area contributed by atoms with Crippen LogP contribution in [-0.2, 0) is 10.1 Å². The zero-order chi connectivity index (χ0) is 21.2. The van der Waals surface area contributed by atoms with Crippen LogP contribution in [0.25, 0.3) is 0 Å². The molecule has 6 heteroatoms. The summed E-state index contributed by atoms with van der Waals surface area (Å²) in [7, 11) is -3.91. The Balaban J connectivity index is 1.55. The Bertz CT molecular complexity index is 723. The first-order valence-corrected chi connectivity index (χ1v) is 13.4. The van der Waals surface area contributed by atoms with E-state index in [1.807, 2.05) is 0 Å². The van der Waals surface area contributed by atoms with Gasteiger partial charge in [0.2, 0.25) is 0 Å². The lowest BCUT2D eigenvalue weighted by atomic mass is 9.43. The van der Waals surface area contributed by atoms with Gasteiger partial charge in [-0.2, -0.15) is 8.42 Å². The normalized spacial score (nSPS) is 51.0. The Morgan fingerprint density at radius 1 is 0.966 bits per heavy atom. The first-order chi connectivity index (χ1) is 13.5. The fourth-order valence-electron chi connectivity index (χ4n) is 8.71. The number of hydrogen-bond donors (Lipinski definition) is 3. The van der Waals surface area contributed by atoms with E-state index >= 15 is 0 Å². The van der Waals surface area contributed by atoms with Crippen molar-refractivity contribution >= 4 is 10.1 Å². The Morgan fingerprint density at radius 3 is 2.31 bits per heavy atom. The molecule has 0 bridgehead atoms. The molecule has 4 saturated carbocycles. The van der Waals surface area contributed by atoms with Gasteiger partial charge in [0, 0.05) is 0 Å². The van der Waals surface area contributed by atoms with E-state index in [-0.39, 0.29) is 34.7 Å². The molecule has 0 spiro atoms. The van der Waals surface area contributed by atoms with Crippen molar-refractivity contribution < 1.29 is 23.2 Å². The summed E-state index contributed by atoms with van der Waals surface area (Å²) in [4.78, 5) is 0. The van der Waals surface area contributed by atoms with Crippen LogP contribution in [0.4, 0.5) is 0 Å². The van der Waals surface area contributed by atoms with E-state index in [0.29, 0.717) is 36.0 Å². The fraction of sp³-hybridized carbons (Fsp3) is 1.00. The first-order valence-electron chi connectivity index (χ1n) is 11.8. The van der Waals surface area contributed by atoms with E-state index in [1.54, 1.807) is 0 Å². The van der Waals surface area contributed by atoms with E-state index in [0.717, 1.165) is 51.4 Å². The summed E-state index contributed by atoms with van der Waals surface area (Å²) in [5, 5.41) is 21.4. The van der Waals surface area contributed by atoms with Crippen molar-refractivity contribution in [3.8, 4) is 0 Å². The van der Waals surface area contributed by atoms with Crippen LogP contribution in [0.5, 0.6) is 0 Å². The smallest absolute Gasteiger partial charge is 0.264 e. The molecule has 3 unspecified atom stereocenters.